The van der Waals surface area contributed by atoms with Gasteiger partial charge in [0.25, 0.3) is 0 Å². The molecule has 0 saturated heterocycles. The quantitative estimate of drug-likeness (QED) is 0.455. The Morgan fingerprint density at radius 1 is 1.12 bits per heavy atom. The lowest BCUT2D eigenvalue weighted by atomic mass is 10.2. The van der Waals surface area contributed by atoms with Crippen molar-refractivity contribution in [2.45, 2.75) is 12.6 Å². The highest BCUT2D eigenvalue weighted by Gasteiger charge is 2.31. The first-order valence-corrected chi connectivity index (χ1v) is 11.0. The van der Waals surface area contributed by atoms with Crippen LogP contribution in [0, 0.1) is 0 Å². The molecule has 0 fully saturated rings. The summed E-state index contributed by atoms with van der Waals surface area (Å²) in [6.07, 6.45) is -4.54. The second-order valence-electron chi connectivity index (χ2n) is 6.93. The highest BCUT2D eigenvalue weighted by atomic mass is 79.9. The first-order valence-electron chi connectivity index (χ1n) is 9.40. The van der Waals surface area contributed by atoms with E-state index in [1.165, 1.54) is 28.4 Å². The van der Waals surface area contributed by atoms with Gasteiger partial charge in [-0.05, 0) is 58.4 Å². The van der Waals surface area contributed by atoms with E-state index in [1.807, 2.05) is 12.1 Å². The van der Waals surface area contributed by atoms with E-state index in [9.17, 15) is 22.8 Å². The van der Waals surface area contributed by atoms with E-state index in [-0.39, 0.29) is 24.6 Å². The molecule has 1 aliphatic rings. The third-order valence-electron chi connectivity index (χ3n) is 4.68. The molecular weight excluding hydrogens is 507 g/mol. The monoisotopic (exact) mass is 521 g/mol. The van der Waals surface area contributed by atoms with Crippen LogP contribution in [0.3, 0.4) is 0 Å². The second-order valence-corrected chi connectivity index (χ2v) is 9.40. The number of para-hydroxylation sites is 2. The lowest BCUT2D eigenvalue weighted by molar-refractivity contribution is -0.137. The first-order chi connectivity index (χ1) is 15.2. The second kappa shape index (κ2) is 8.87. The molecular formula is C22H15BrF3N3O2S. The van der Waals surface area contributed by atoms with Crippen molar-refractivity contribution in [3.05, 3.63) is 74.9 Å². The minimum Gasteiger partial charge on any atom is -0.325 e. The molecule has 2 amide bonds. The Kier molecular flexibility index (Phi) is 6.16. The van der Waals surface area contributed by atoms with Gasteiger partial charge in [-0.25, -0.2) is 4.99 Å². The highest BCUT2D eigenvalue weighted by molar-refractivity contribution is 9.11. The number of nitrogens with zero attached hydrogens (tertiary/aromatic N) is 2. The Balaban J connectivity index is 1.57. The zero-order valence-electron chi connectivity index (χ0n) is 16.3. The van der Waals surface area contributed by atoms with Crippen LogP contribution in [0.25, 0.3) is 0 Å². The Morgan fingerprint density at radius 3 is 2.62 bits per heavy atom. The minimum absolute atomic E-state index is 0.000700. The van der Waals surface area contributed by atoms with E-state index in [0.717, 1.165) is 20.8 Å². The van der Waals surface area contributed by atoms with E-state index in [2.05, 4.69) is 26.2 Å². The van der Waals surface area contributed by atoms with Gasteiger partial charge in [-0.2, -0.15) is 13.2 Å². The maximum absolute atomic E-state index is 13.1. The van der Waals surface area contributed by atoms with Crippen molar-refractivity contribution in [2.24, 2.45) is 4.99 Å². The summed E-state index contributed by atoms with van der Waals surface area (Å²) in [7, 11) is 0. The number of aliphatic imine (C=N–C) groups is 1. The van der Waals surface area contributed by atoms with E-state index in [4.69, 9.17) is 0 Å². The van der Waals surface area contributed by atoms with Gasteiger partial charge in [0.05, 0.1) is 37.7 Å². The molecule has 1 aromatic heterocycles. The molecule has 0 saturated carbocycles. The molecule has 4 rings (SSSR count). The number of hydrogen-bond acceptors (Lipinski definition) is 4. The normalized spacial score (nSPS) is 13.9. The molecule has 3 aromatic rings. The van der Waals surface area contributed by atoms with Gasteiger partial charge in [-0.15, -0.1) is 11.3 Å². The zero-order chi connectivity index (χ0) is 22.9. The first kappa shape index (κ1) is 22.2. The molecule has 0 atom stereocenters. The molecule has 5 nitrogen and oxygen atoms in total. The summed E-state index contributed by atoms with van der Waals surface area (Å²) >= 11 is 4.85. The minimum atomic E-state index is -4.52. The van der Waals surface area contributed by atoms with Crippen LogP contribution in [-0.2, 0) is 15.8 Å². The number of thiophene rings is 1. The van der Waals surface area contributed by atoms with Crippen molar-refractivity contribution in [1.82, 2.24) is 0 Å². The van der Waals surface area contributed by atoms with Gasteiger partial charge in [0.15, 0.2) is 0 Å². The van der Waals surface area contributed by atoms with Crippen LogP contribution in [0.4, 0.5) is 30.2 Å². The third kappa shape index (κ3) is 4.91. The van der Waals surface area contributed by atoms with Crippen LogP contribution in [0.1, 0.15) is 16.9 Å². The molecule has 0 radical (unpaired) electrons. The molecule has 2 aromatic carbocycles. The van der Waals surface area contributed by atoms with Crippen molar-refractivity contribution in [2.75, 3.05) is 16.8 Å². The Bertz CT molecular complexity index is 1220. The Labute approximate surface area is 193 Å². The summed E-state index contributed by atoms with van der Waals surface area (Å²) in [6, 6.07) is 15.0. The molecule has 0 aliphatic carbocycles. The van der Waals surface area contributed by atoms with Gasteiger partial charge >= 0.3 is 6.18 Å². The summed E-state index contributed by atoms with van der Waals surface area (Å²) in [5, 5.41) is 2.45. The number of benzene rings is 2. The molecule has 2 heterocycles. The van der Waals surface area contributed by atoms with E-state index in [0.29, 0.717) is 17.1 Å². The molecule has 1 aliphatic heterocycles. The van der Waals surface area contributed by atoms with Gasteiger partial charge in [0.2, 0.25) is 11.8 Å². The summed E-state index contributed by atoms with van der Waals surface area (Å²) in [4.78, 5) is 32.5. The van der Waals surface area contributed by atoms with Crippen molar-refractivity contribution in [3.8, 4) is 0 Å². The third-order valence-corrected chi connectivity index (χ3v) is 6.35. The van der Waals surface area contributed by atoms with Gasteiger partial charge in [0, 0.05) is 5.69 Å². The number of nitrogens with one attached hydrogen (secondary N) is 1. The van der Waals surface area contributed by atoms with Crippen LogP contribution in [0.5, 0.6) is 0 Å². The molecule has 0 spiro atoms. The van der Waals surface area contributed by atoms with Crippen LogP contribution in [0.15, 0.2) is 69.4 Å². The largest absolute Gasteiger partial charge is 0.416 e. The van der Waals surface area contributed by atoms with Crippen LogP contribution in [0.2, 0.25) is 0 Å². The van der Waals surface area contributed by atoms with E-state index >= 15 is 0 Å². The van der Waals surface area contributed by atoms with Crippen LogP contribution in [-0.4, -0.2) is 24.1 Å². The molecule has 1 N–H and O–H groups in total. The number of carbonyl (C=O) groups is 2. The molecule has 0 unspecified atom stereocenters. The molecule has 10 heteroatoms. The number of fused-ring (bicyclic) bond motifs is 1. The fourth-order valence-corrected chi connectivity index (χ4v) is 4.62. The topological polar surface area (TPSA) is 61.8 Å². The number of amides is 2. The van der Waals surface area contributed by atoms with Crippen molar-refractivity contribution in [3.63, 3.8) is 0 Å². The number of rotatable bonds is 4. The predicted molar refractivity (Wildman–Crippen MR) is 122 cm³/mol. The number of carbonyl (C=O) groups excluding carboxylic acids is 2. The smallest absolute Gasteiger partial charge is 0.325 e. The standard InChI is InChI=1S/C22H15BrF3N3O2S/c23-19-9-8-18(32-19)16-11-21(31)29(17-7-2-1-6-15(17)28-16)12-20(30)27-14-5-3-4-13(10-14)22(24,25)26/h1-10H,11-12H2,(H,27,30). The van der Waals surface area contributed by atoms with Gasteiger partial charge < -0.3 is 10.2 Å². The van der Waals surface area contributed by atoms with Gasteiger partial charge in [-0.1, -0.05) is 18.2 Å². The van der Waals surface area contributed by atoms with E-state index < -0.39 is 17.6 Å². The lowest BCUT2D eigenvalue weighted by Gasteiger charge is -2.22. The maximum Gasteiger partial charge on any atom is 0.416 e. The number of hydrogen-bond donors (Lipinski definition) is 1. The van der Waals surface area contributed by atoms with Crippen LogP contribution >= 0.6 is 27.3 Å². The summed E-state index contributed by atoms with van der Waals surface area (Å²) < 4.78 is 39.7. The van der Waals surface area contributed by atoms with E-state index in [1.54, 1.807) is 24.3 Å². The number of anilines is 2. The average Bonchev–Trinajstić information content (AvgIpc) is 3.12. The fourth-order valence-electron chi connectivity index (χ4n) is 3.25. The predicted octanol–water partition coefficient (Wildman–Crippen LogP) is 6.03. The number of alkyl halides is 3. The summed E-state index contributed by atoms with van der Waals surface area (Å²) in [5.41, 5.74) is 0.707. The van der Waals surface area contributed by atoms with Crippen molar-refractivity contribution >= 4 is 61.9 Å². The van der Waals surface area contributed by atoms with Crippen LogP contribution < -0.4 is 10.2 Å². The zero-order valence-corrected chi connectivity index (χ0v) is 18.7. The summed E-state index contributed by atoms with van der Waals surface area (Å²) in [6.45, 7) is -0.358. The van der Waals surface area contributed by atoms with Crippen molar-refractivity contribution in [1.29, 1.82) is 0 Å². The Morgan fingerprint density at radius 2 is 1.91 bits per heavy atom. The van der Waals surface area contributed by atoms with Crippen molar-refractivity contribution < 1.29 is 22.8 Å². The molecule has 0 bridgehead atoms. The van der Waals surface area contributed by atoms with Gasteiger partial charge in [-0.3, -0.25) is 9.59 Å². The average molecular weight is 522 g/mol. The molecule has 32 heavy (non-hydrogen) atoms. The van der Waals surface area contributed by atoms with Gasteiger partial charge in [0.1, 0.15) is 6.54 Å². The SMILES string of the molecule is O=C(CN1C(=O)CC(c2ccc(Br)s2)=Nc2ccccc21)Nc1cccc(C(F)(F)F)c1. The Hall–Kier alpha value is -2.98. The number of halogens is 4. The molecule has 164 valence electrons. The fraction of sp³-hybridized carbons (Fsp3) is 0.136. The highest BCUT2D eigenvalue weighted by Crippen LogP contribution is 2.35. The lowest BCUT2D eigenvalue weighted by Crippen LogP contribution is -2.38. The maximum atomic E-state index is 13.1. The summed E-state index contributed by atoms with van der Waals surface area (Å²) in [5.74, 6) is -0.952.